The molecular formula is C10H10N6O. The SMILES string of the molecule is Cn1cc(-c2cn3nc(N)cc3c(=O)[nH]2)cn1. The number of rotatable bonds is 1. The molecule has 0 aliphatic heterocycles. The van der Waals surface area contributed by atoms with Crippen molar-refractivity contribution in [3.8, 4) is 11.3 Å². The first-order valence-corrected chi connectivity index (χ1v) is 5.01. The molecule has 0 fully saturated rings. The van der Waals surface area contributed by atoms with Gasteiger partial charge in [0.25, 0.3) is 5.56 Å². The summed E-state index contributed by atoms with van der Waals surface area (Å²) in [5.41, 5.74) is 7.22. The Balaban J connectivity index is 2.28. The maximum atomic E-state index is 11.8. The molecule has 3 heterocycles. The van der Waals surface area contributed by atoms with Crippen LogP contribution in [-0.4, -0.2) is 24.4 Å². The molecule has 0 unspecified atom stereocenters. The molecule has 0 spiro atoms. The number of H-pyrrole nitrogens is 1. The van der Waals surface area contributed by atoms with Gasteiger partial charge in [0.2, 0.25) is 0 Å². The van der Waals surface area contributed by atoms with Gasteiger partial charge in [-0.3, -0.25) is 9.48 Å². The summed E-state index contributed by atoms with van der Waals surface area (Å²) in [4.78, 5) is 14.6. The summed E-state index contributed by atoms with van der Waals surface area (Å²) < 4.78 is 3.13. The molecule has 3 aromatic heterocycles. The van der Waals surface area contributed by atoms with Crippen molar-refractivity contribution in [2.24, 2.45) is 7.05 Å². The van der Waals surface area contributed by atoms with E-state index in [-0.39, 0.29) is 5.56 Å². The predicted molar refractivity (Wildman–Crippen MR) is 62.4 cm³/mol. The second-order valence-corrected chi connectivity index (χ2v) is 3.80. The number of fused-ring (bicyclic) bond motifs is 1. The fourth-order valence-corrected chi connectivity index (χ4v) is 1.73. The fourth-order valence-electron chi connectivity index (χ4n) is 1.73. The summed E-state index contributed by atoms with van der Waals surface area (Å²) in [5, 5.41) is 8.06. The molecule has 17 heavy (non-hydrogen) atoms. The minimum atomic E-state index is -0.226. The lowest BCUT2D eigenvalue weighted by atomic mass is 10.3. The van der Waals surface area contributed by atoms with Gasteiger partial charge >= 0.3 is 0 Å². The number of aromatic nitrogens is 5. The highest BCUT2D eigenvalue weighted by molar-refractivity contribution is 5.60. The lowest BCUT2D eigenvalue weighted by Gasteiger charge is -1.98. The van der Waals surface area contributed by atoms with Crippen molar-refractivity contribution in [3.05, 3.63) is 35.0 Å². The Kier molecular flexibility index (Phi) is 1.82. The zero-order chi connectivity index (χ0) is 12.0. The van der Waals surface area contributed by atoms with Crippen molar-refractivity contribution in [1.82, 2.24) is 24.4 Å². The number of anilines is 1. The molecule has 0 saturated carbocycles. The van der Waals surface area contributed by atoms with E-state index in [1.54, 1.807) is 17.1 Å². The molecule has 7 heteroatoms. The van der Waals surface area contributed by atoms with E-state index < -0.39 is 0 Å². The third-order valence-corrected chi connectivity index (χ3v) is 2.50. The third-order valence-electron chi connectivity index (χ3n) is 2.50. The summed E-state index contributed by atoms with van der Waals surface area (Å²) in [7, 11) is 1.81. The fraction of sp³-hybridized carbons (Fsp3) is 0.100. The number of nitrogens with one attached hydrogen (secondary N) is 1. The van der Waals surface area contributed by atoms with Crippen molar-refractivity contribution in [2.45, 2.75) is 0 Å². The van der Waals surface area contributed by atoms with E-state index in [1.165, 1.54) is 10.6 Å². The molecule has 0 aromatic carbocycles. The molecule has 0 amide bonds. The molecule has 0 radical (unpaired) electrons. The minimum absolute atomic E-state index is 0.226. The van der Waals surface area contributed by atoms with Crippen molar-refractivity contribution < 1.29 is 0 Å². The van der Waals surface area contributed by atoms with Gasteiger partial charge in [-0.15, -0.1) is 0 Å². The van der Waals surface area contributed by atoms with Crippen LogP contribution in [0.2, 0.25) is 0 Å². The van der Waals surface area contributed by atoms with Crippen molar-refractivity contribution >= 4 is 11.3 Å². The van der Waals surface area contributed by atoms with Gasteiger partial charge in [-0.2, -0.15) is 10.2 Å². The maximum Gasteiger partial charge on any atom is 0.274 e. The van der Waals surface area contributed by atoms with Crippen LogP contribution in [0.1, 0.15) is 0 Å². The van der Waals surface area contributed by atoms with Gasteiger partial charge in [0, 0.05) is 24.9 Å². The molecule has 0 aliphatic carbocycles. The van der Waals surface area contributed by atoms with Crippen LogP contribution in [0.3, 0.4) is 0 Å². The van der Waals surface area contributed by atoms with E-state index in [0.717, 1.165) is 5.56 Å². The van der Waals surface area contributed by atoms with Crippen LogP contribution < -0.4 is 11.3 Å². The van der Waals surface area contributed by atoms with Crippen LogP contribution in [0.15, 0.2) is 29.5 Å². The second-order valence-electron chi connectivity index (χ2n) is 3.80. The van der Waals surface area contributed by atoms with Gasteiger partial charge in [-0.1, -0.05) is 0 Å². The topological polar surface area (TPSA) is 94.0 Å². The number of hydrogen-bond donors (Lipinski definition) is 2. The normalized spacial score (nSPS) is 11.1. The molecule has 0 saturated heterocycles. The van der Waals surface area contributed by atoms with Crippen molar-refractivity contribution in [3.63, 3.8) is 0 Å². The molecule has 3 N–H and O–H groups in total. The van der Waals surface area contributed by atoms with Crippen LogP contribution in [0.5, 0.6) is 0 Å². The zero-order valence-electron chi connectivity index (χ0n) is 9.08. The van der Waals surface area contributed by atoms with Gasteiger partial charge in [0.15, 0.2) is 0 Å². The summed E-state index contributed by atoms with van der Waals surface area (Å²) in [6.07, 6.45) is 5.19. The molecule has 86 valence electrons. The summed E-state index contributed by atoms with van der Waals surface area (Å²) in [6.45, 7) is 0. The number of nitrogen functional groups attached to an aromatic ring is 1. The molecule has 0 aliphatic rings. The van der Waals surface area contributed by atoms with E-state index >= 15 is 0 Å². The van der Waals surface area contributed by atoms with E-state index in [0.29, 0.717) is 17.0 Å². The highest BCUT2D eigenvalue weighted by Gasteiger charge is 2.07. The monoisotopic (exact) mass is 230 g/mol. The van der Waals surface area contributed by atoms with Gasteiger partial charge in [-0.25, -0.2) is 4.52 Å². The zero-order valence-corrected chi connectivity index (χ0v) is 9.08. The van der Waals surface area contributed by atoms with Gasteiger partial charge in [0.05, 0.1) is 18.1 Å². The highest BCUT2D eigenvalue weighted by atomic mass is 16.1. The highest BCUT2D eigenvalue weighted by Crippen LogP contribution is 2.14. The van der Waals surface area contributed by atoms with Crippen LogP contribution >= 0.6 is 0 Å². The van der Waals surface area contributed by atoms with E-state index in [1.807, 2.05) is 13.2 Å². The summed E-state index contributed by atoms with van der Waals surface area (Å²) in [5.74, 6) is 0.318. The smallest absolute Gasteiger partial charge is 0.274 e. The number of nitrogens with two attached hydrogens (primary N) is 1. The van der Waals surface area contributed by atoms with Crippen LogP contribution in [0.25, 0.3) is 16.8 Å². The second kappa shape index (κ2) is 3.21. The first-order valence-electron chi connectivity index (χ1n) is 5.01. The standard InChI is InChI=1S/C10H10N6O/c1-15-4-6(3-12-15)7-5-16-8(10(17)13-7)2-9(11)14-16/h2-5H,1H3,(H2,11,14)(H,13,17). The minimum Gasteiger partial charge on any atom is -0.382 e. The average molecular weight is 230 g/mol. The predicted octanol–water partition coefficient (Wildman–Crippen LogP) is 0.00530. The molecule has 3 rings (SSSR count). The molecular weight excluding hydrogens is 220 g/mol. The van der Waals surface area contributed by atoms with Gasteiger partial charge in [0.1, 0.15) is 11.3 Å². The molecule has 0 bridgehead atoms. The summed E-state index contributed by atoms with van der Waals surface area (Å²) in [6, 6.07) is 1.53. The quantitative estimate of drug-likeness (QED) is 0.615. The van der Waals surface area contributed by atoms with Gasteiger partial charge in [-0.05, 0) is 0 Å². The molecule has 3 aromatic rings. The lowest BCUT2D eigenvalue weighted by molar-refractivity contribution is 0.768. The molecule has 0 atom stereocenters. The van der Waals surface area contributed by atoms with Crippen molar-refractivity contribution in [2.75, 3.05) is 5.73 Å². The molecule has 7 nitrogen and oxygen atoms in total. The van der Waals surface area contributed by atoms with Crippen LogP contribution in [0, 0.1) is 0 Å². The Bertz CT molecular complexity index is 750. The van der Waals surface area contributed by atoms with Crippen LogP contribution in [0.4, 0.5) is 5.82 Å². The Labute approximate surface area is 95.5 Å². The summed E-state index contributed by atoms with van der Waals surface area (Å²) >= 11 is 0. The number of nitrogens with zero attached hydrogens (tertiary/aromatic N) is 4. The Morgan fingerprint density at radius 1 is 1.41 bits per heavy atom. The average Bonchev–Trinajstić information content (AvgIpc) is 2.83. The maximum absolute atomic E-state index is 11.8. The van der Waals surface area contributed by atoms with Gasteiger partial charge < -0.3 is 10.7 Å². The first kappa shape index (κ1) is 9.64. The number of hydrogen-bond acceptors (Lipinski definition) is 4. The largest absolute Gasteiger partial charge is 0.382 e. The lowest BCUT2D eigenvalue weighted by Crippen LogP contribution is -2.10. The third kappa shape index (κ3) is 1.48. The number of aryl methyl sites for hydroxylation is 1. The van der Waals surface area contributed by atoms with Crippen molar-refractivity contribution in [1.29, 1.82) is 0 Å². The Morgan fingerprint density at radius 2 is 2.24 bits per heavy atom. The van der Waals surface area contributed by atoms with E-state index in [2.05, 4.69) is 15.2 Å². The van der Waals surface area contributed by atoms with E-state index in [4.69, 9.17) is 5.73 Å². The Hall–Kier alpha value is -2.57. The van der Waals surface area contributed by atoms with E-state index in [9.17, 15) is 4.79 Å². The first-order chi connectivity index (χ1) is 8.13. The Morgan fingerprint density at radius 3 is 2.94 bits per heavy atom. The number of aromatic amines is 1. The van der Waals surface area contributed by atoms with Crippen LogP contribution in [-0.2, 0) is 7.05 Å².